The number of hydrogen-bond acceptors (Lipinski definition) is 8. The maximum absolute atomic E-state index is 12.5. The van der Waals surface area contributed by atoms with E-state index in [9.17, 15) is 19.2 Å². The number of hydroxylamine groups is 1. The Morgan fingerprint density at radius 3 is 2.49 bits per heavy atom. The van der Waals surface area contributed by atoms with Crippen LogP contribution in [0.1, 0.15) is 51.2 Å². The van der Waals surface area contributed by atoms with Gasteiger partial charge in [0.1, 0.15) is 5.60 Å². The molecule has 1 atom stereocenters. The quantitative estimate of drug-likeness (QED) is 0.222. The summed E-state index contributed by atoms with van der Waals surface area (Å²) in [6.45, 7) is 9.32. The summed E-state index contributed by atoms with van der Waals surface area (Å²) >= 11 is 0. The summed E-state index contributed by atoms with van der Waals surface area (Å²) in [6.07, 6.45) is -0.164. The molecule has 0 aromatic heterocycles. The number of carbonyl (C=O) groups is 2. The fourth-order valence-corrected chi connectivity index (χ4v) is 3.69. The molecule has 4 N–H and O–H groups in total. The van der Waals surface area contributed by atoms with Gasteiger partial charge >= 0.3 is 11.8 Å². The highest BCUT2D eigenvalue weighted by atomic mass is 16.6. The lowest BCUT2D eigenvalue weighted by molar-refractivity contribution is -0.129. The van der Waals surface area contributed by atoms with Crippen molar-refractivity contribution in [1.82, 2.24) is 30.3 Å². The first-order valence-corrected chi connectivity index (χ1v) is 11.2. The van der Waals surface area contributed by atoms with Gasteiger partial charge in [-0.05, 0) is 70.7 Å². The third-order valence-corrected chi connectivity index (χ3v) is 5.49. The molecule has 3 rings (SSSR count). The Morgan fingerprint density at radius 2 is 1.83 bits per heavy atom. The standard InChI is InChI=1S/C23H30N6O6/c1-12-10-15-16(11-13(12)2)29(19-18(25-15)20(31)27-21(32)26-19)9-8-14(6-7-17(30)28-34)24-22(33)35-23(3,4)5/h10-11,14,34H,6-9H2,1-5H3,(H,24,33)(H,28,30)(H,27,31,32). The summed E-state index contributed by atoms with van der Waals surface area (Å²) in [5, 5.41) is 11.6. The lowest BCUT2D eigenvalue weighted by Gasteiger charge is -2.25. The zero-order chi connectivity index (χ0) is 25.9. The Labute approximate surface area is 201 Å². The highest BCUT2D eigenvalue weighted by Gasteiger charge is 2.23. The molecule has 0 radical (unpaired) electrons. The van der Waals surface area contributed by atoms with E-state index in [0.29, 0.717) is 17.5 Å². The first-order valence-electron chi connectivity index (χ1n) is 11.2. The van der Waals surface area contributed by atoms with E-state index in [1.165, 1.54) is 0 Å². The van der Waals surface area contributed by atoms with Crippen molar-refractivity contribution in [3.63, 3.8) is 0 Å². The highest BCUT2D eigenvalue weighted by Crippen LogP contribution is 2.24. The van der Waals surface area contributed by atoms with Crippen LogP contribution in [0, 0.1) is 13.8 Å². The molecule has 2 amide bonds. The lowest BCUT2D eigenvalue weighted by atomic mass is 10.1. The van der Waals surface area contributed by atoms with Gasteiger partial charge in [0.15, 0.2) is 11.5 Å². The van der Waals surface area contributed by atoms with Gasteiger partial charge in [0.05, 0.1) is 11.0 Å². The van der Waals surface area contributed by atoms with Crippen LogP contribution in [-0.4, -0.2) is 48.4 Å². The van der Waals surface area contributed by atoms with Gasteiger partial charge in [0.25, 0.3) is 5.56 Å². The molecule has 2 aliphatic heterocycles. The second kappa shape index (κ2) is 10.2. The van der Waals surface area contributed by atoms with E-state index >= 15 is 0 Å². The summed E-state index contributed by atoms with van der Waals surface area (Å²) in [5.41, 5.74) is 2.66. The molecule has 1 aromatic carbocycles. The normalized spacial score (nSPS) is 12.5. The lowest BCUT2D eigenvalue weighted by Crippen LogP contribution is -2.40. The van der Waals surface area contributed by atoms with Crippen molar-refractivity contribution in [3.05, 3.63) is 44.1 Å². The van der Waals surface area contributed by atoms with E-state index in [-0.39, 0.29) is 30.9 Å². The SMILES string of the molecule is Cc1cc2nc3c(=O)[nH]c(=O)nc-3n(CCC(CCC(=O)NO)NC(=O)OC(C)(C)C)c2cc1C. The minimum absolute atomic E-state index is 0.0247. The maximum atomic E-state index is 12.5. The topological polar surface area (TPSA) is 168 Å². The number of aromatic amines is 1. The molecule has 0 aliphatic carbocycles. The van der Waals surface area contributed by atoms with E-state index in [1.807, 2.05) is 26.0 Å². The Kier molecular flexibility index (Phi) is 7.54. The van der Waals surface area contributed by atoms with E-state index in [2.05, 4.69) is 20.3 Å². The van der Waals surface area contributed by atoms with E-state index in [4.69, 9.17) is 9.94 Å². The number of aromatic nitrogens is 4. The molecule has 0 saturated carbocycles. The van der Waals surface area contributed by atoms with Gasteiger partial charge in [0.2, 0.25) is 5.91 Å². The van der Waals surface area contributed by atoms with Crippen LogP contribution >= 0.6 is 0 Å². The van der Waals surface area contributed by atoms with Crippen LogP contribution in [0.15, 0.2) is 21.7 Å². The van der Waals surface area contributed by atoms with Crippen LogP contribution in [0.2, 0.25) is 0 Å². The van der Waals surface area contributed by atoms with E-state index in [0.717, 1.165) is 11.1 Å². The number of H-pyrrole nitrogens is 1. The first-order chi connectivity index (χ1) is 16.4. The van der Waals surface area contributed by atoms with Gasteiger partial charge in [0, 0.05) is 19.0 Å². The molecular weight excluding hydrogens is 456 g/mol. The van der Waals surface area contributed by atoms with Crippen molar-refractivity contribution in [3.8, 4) is 11.5 Å². The van der Waals surface area contributed by atoms with Crippen molar-refractivity contribution >= 4 is 23.0 Å². The van der Waals surface area contributed by atoms with Crippen molar-refractivity contribution in [2.24, 2.45) is 0 Å². The molecule has 188 valence electrons. The largest absolute Gasteiger partial charge is 0.444 e. The molecule has 2 heterocycles. The van der Waals surface area contributed by atoms with Crippen molar-refractivity contribution in [2.45, 2.75) is 72.1 Å². The zero-order valence-electron chi connectivity index (χ0n) is 20.4. The second-order valence-electron chi connectivity index (χ2n) is 9.44. The van der Waals surface area contributed by atoms with E-state index < -0.39 is 34.9 Å². The number of ether oxygens (including phenoxy) is 1. The Bertz CT molecular complexity index is 1340. The third kappa shape index (κ3) is 6.41. The number of benzene rings is 1. The van der Waals surface area contributed by atoms with E-state index in [1.54, 1.807) is 30.8 Å². The first kappa shape index (κ1) is 25.8. The second-order valence-corrected chi connectivity index (χ2v) is 9.44. The fraction of sp³-hybridized carbons (Fsp3) is 0.478. The van der Waals surface area contributed by atoms with Crippen LogP contribution < -0.4 is 22.0 Å². The number of nitrogens with one attached hydrogen (secondary N) is 3. The number of nitrogens with zero attached hydrogens (tertiary/aromatic N) is 3. The van der Waals surface area contributed by atoms with Crippen molar-refractivity contribution in [1.29, 1.82) is 0 Å². The predicted molar refractivity (Wildman–Crippen MR) is 127 cm³/mol. The Morgan fingerprint density at radius 1 is 1.14 bits per heavy atom. The minimum Gasteiger partial charge on any atom is -0.444 e. The minimum atomic E-state index is -0.788. The molecule has 0 fully saturated rings. The van der Waals surface area contributed by atoms with Gasteiger partial charge in [-0.15, -0.1) is 0 Å². The summed E-state index contributed by atoms with van der Waals surface area (Å²) in [5.74, 6) is -0.470. The number of alkyl carbamates (subject to hydrolysis) is 1. The van der Waals surface area contributed by atoms with Crippen molar-refractivity contribution < 1.29 is 19.5 Å². The van der Waals surface area contributed by atoms with Crippen LogP contribution in [0.4, 0.5) is 4.79 Å². The van der Waals surface area contributed by atoms with Gasteiger partial charge in [-0.25, -0.2) is 20.1 Å². The van der Waals surface area contributed by atoms with Crippen LogP contribution in [-0.2, 0) is 16.1 Å². The molecule has 0 spiro atoms. The van der Waals surface area contributed by atoms with Crippen LogP contribution in [0.3, 0.4) is 0 Å². The highest BCUT2D eigenvalue weighted by molar-refractivity contribution is 5.81. The molecule has 12 nitrogen and oxygen atoms in total. The number of hydrogen-bond donors (Lipinski definition) is 4. The summed E-state index contributed by atoms with van der Waals surface area (Å²) in [7, 11) is 0. The third-order valence-electron chi connectivity index (χ3n) is 5.49. The summed E-state index contributed by atoms with van der Waals surface area (Å²) in [4.78, 5) is 59.0. The molecule has 12 heteroatoms. The average Bonchev–Trinajstić information content (AvgIpc) is 2.74. The van der Waals surface area contributed by atoms with Gasteiger partial charge in [-0.1, -0.05) is 0 Å². The summed E-state index contributed by atoms with van der Waals surface area (Å²) < 4.78 is 7.06. The number of aryl methyl sites for hydroxylation is 3. The van der Waals surface area contributed by atoms with Gasteiger partial charge in [-0.2, -0.15) is 4.98 Å². The molecular formula is C23H30N6O6. The van der Waals surface area contributed by atoms with Crippen LogP contribution in [0.5, 0.6) is 0 Å². The molecule has 35 heavy (non-hydrogen) atoms. The maximum Gasteiger partial charge on any atom is 0.407 e. The molecule has 1 unspecified atom stereocenters. The smallest absolute Gasteiger partial charge is 0.407 e. The predicted octanol–water partition coefficient (Wildman–Crippen LogP) is 1.77. The monoisotopic (exact) mass is 486 g/mol. The Balaban J connectivity index is 2.00. The molecule has 2 aliphatic rings. The average molecular weight is 487 g/mol. The zero-order valence-corrected chi connectivity index (χ0v) is 20.4. The Hall–Kier alpha value is -3.80. The molecule has 0 bridgehead atoms. The number of rotatable bonds is 7. The number of carbonyl (C=O) groups excluding carboxylic acids is 2. The molecule has 1 aromatic rings. The fourth-order valence-electron chi connectivity index (χ4n) is 3.69. The molecule has 0 saturated heterocycles. The number of amides is 2. The van der Waals surface area contributed by atoms with Crippen LogP contribution in [0.25, 0.3) is 22.6 Å². The summed E-state index contributed by atoms with van der Waals surface area (Å²) in [6, 6.07) is 3.24. The van der Waals surface area contributed by atoms with Gasteiger partial charge < -0.3 is 14.6 Å². The van der Waals surface area contributed by atoms with Crippen molar-refractivity contribution in [2.75, 3.05) is 0 Å². The van der Waals surface area contributed by atoms with Gasteiger partial charge in [-0.3, -0.25) is 19.8 Å². The number of fused-ring (bicyclic) bond motifs is 2.